The third-order valence-electron chi connectivity index (χ3n) is 0.655. The topological polar surface area (TPSA) is 31.5 Å². The van der Waals surface area contributed by atoms with Crippen molar-refractivity contribution >= 4 is 6.29 Å². The van der Waals surface area contributed by atoms with Crippen LogP contribution >= 0.6 is 0 Å². The quantitative estimate of drug-likeness (QED) is 0.264. The molecule has 34 valence electrons. The molecule has 6 heavy (non-hydrogen) atoms. The van der Waals surface area contributed by atoms with E-state index >= 15 is 0 Å². The maximum Gasteiger partial charge on any atom is 0.209 e. The molecule has 2 nitrogen and oxygen atoms in total. The number of aliphatic hydroxyl groups excluding tert-OH is 1. The van der Waals surface area contributed by atoms with Crippen molar-refractivity contribution in [3.63, 3.8) is 0 Å². The molecule has 0 radical (unpaired) electrons. The number of rotatable bonds is 1. The fourth-order valence-electron chi connectivity index (χ4n) is 0.349. The van der Waals surface area contributed by atoms with E-state index in [1.54, 1.807) is 6.61 Å². The van der Waals surface area contributed by atoms with E-state index in [1.165, 1.54) is 6.29 Å². The molecular weight excluding hydrogens is 80.0 g/mol. The summed E-state index contributed by atoms with van der Waals surface area (Å²) in [6.45, 7) is 1.61. The number of hydrogen-bond donors (Lipinski definition) is 1. The summed E-state index contributed by atoms with van der Waals surface area (Å²) in [7, 11) is 0. The molecule has 0 fully saturated rings. The van der Waals surface area contributed by atoms with Gasteiger partial charge < -0.3 is 9.53 Å². The van der Waals surface area contributed by atoms with Gasteiger partial charge in [0, 0.05) is 6.42 Å². The normalized spacial score (nSPS) is 32.7. The summed E-state index contributed by atoms with van der Waals surface area (Å²) in [4.78, 5) is 0. The summed E-state index contributed by atoms with van der Waals surface area (Å²) in [5, 5.41) is 4.15. The maximum atomic E-state index is 6.37. The Hall–Kier alpha value is -0.500. The number of hydrogen-bond acceptors (Lipinski definition) is 1. The molecule has 0 saturated heterocycles. The summed E-state index contributed by atoms with van der Waals surface area (Å²) in [6, 6.07) is 0. The molecule has 0 aliphatic carbocycles. The van der Waals surface area contributed by atoms with Gasteiger partial charge in [0.15, 0.2) is 6.29 Å². The molecule has 2 heteroatoms. The second kappa shape index (κ2) is 1.30. The molecule has 1 unspecified atom stereocenters. The summed E-state index contributed by atoms with van der Waals surface area (Å²) >= 11 is 0. The molecule has 0 aromatic carbocycles. The number of carbonyl (C=O) groups excluding carboxylic acids is 1. The zero-order valence-corrected chi connectivity index (χ0v) is 3.26. The molecule has 0 aromatic rings. The van der Waals surface area contributed by atoms with Gasteiger partial charge in [0.1, 0.15) is 6.61 Å². The van der Waals surface area contributed by atoms with Crippen LogP contribution in [-0.4, -0.2) is 18.9 Å². The third kappa shape index (κ3) is 0.518. The second-order valence-corrected chi connectivity index (χ2v) is 1.21. The molecule has 1 heterocycles. The van der Waals surface area contributed by atoms with Crippen molar-refractivity contribution in [3.05, 3.63) is 6.61 Å². The first-order chi connectivity index (χ1) is 3.43. The average molecular weight is 87.1 g/mol. The minimum Gasteiger partial charge on any atom is -0.399 e. The summed E-state index contributed by atoms with van der Waals surface area (Å²) in [5.74, 6) is 0. The van der Waals surface area contributed by atoms with Crippen LogP contribution in [0.25, 0.3) is 0 Å². The number of aliphatic hydroxyl groups is 1. The van der Waals surface area contributed by atoms with E-state index in [4.69, 9.17) is 1.43 Å². The van der Waals surface area contributed by atoms with Gasteiger partial charge in [-0.2, -0.15) is 0 Å². The van der Waals surface area contributed by atoms with Gasteiger partial charge in [0.2, 0.25) is 1.43 Å². The highest BCUT2D eigenvalue weighted by atomic mass is 16.4. The van der Waals surface area contributed by atoms with Crippen molar-refractivity contribution < 1.29 is 9.53 Å². The molecule has 1 rings (SSSR count). The van der Waals surface area contributed by atoms with Crippen LogP contribution in [0.4, 0.5) is 0 Å². The lowest BCUT2D eigenvalue weighted by Gasteiger charge is -1.84. The van der Waals surface area contributed by atoms with Gasteiger partial charge in [-0.25, -0.2) is 0 Å². The Kier molecular flexibility index (Phi) is 0.573. The Bertz CT molecular complexity index is 81.8. The summed E-state index contributed by atoms with van der Waals surface area (Å²) < 4.78 is 11.0. The predicted molar refractivity (Wildman–Crippen MR) is 21.0 cm³/mol. The van der Waals surface area contributed by atoms with Gasteiger partial charge in [-0.05, 0) is 0 Å². The van der Waals surface area contributed by atoms with Crippen molar-refractivity contribution in [1.29, 1.82) is 1.43 Å². The van der Waals surface area contributed by atoms with E-state index in [0.717, 1.165) is 0 Å². The highest BCUT2D eigenvalue weighted by Crippen LogP contribution is 1.96. The van der Waals surface area contributed by atoms with Gasteiger partial charge in [0.05, 0.1) is 6.10 Å². The Labute approximate surface area is 37.6 Å². The molecule has 0 bridgehead atoms. The van der Waals surface area contributed by atoms with Gasteiger partial charge >= 0.3 is 0 Å². The third-order valence-corrected chi connectivity index (χ3v) is 0.655. The van der Waals surface area contributed by atoms with E-state index in [-0.39, 0.29) is 6.10 Å². The predicted octanol–water partition coefficient (Wildman–Crippen LogP) is -0.353. The van der Waals surface area contributed by atoms with Crippen molar-refractivity contribution in [2.24, 2.45) is 0 Å². The zero-order chi connectivity index (χ0) is 5.11. The van der Waals surface area contributed by atoms with Crippen molar-refractivity contribution in [2.45, 2.75) is 12.5 Å². The summed E-state index contributed by atoms with van der Waals surface area (Å²) in [6.07, 6.45) is 2.05. The summed E-state index contributed by atoms with van der Waals surface area (Å²) in [5.41, 5.74) is 0. The minimum absolute atomic E-state index is 0.139. The lowest BCUT2D eigenvalue weighted by atomic mass is 10.3. The number of aldehydes is 1. The van der Waals surface area contributed by atoms with E-state index in [1.807, 2.05) is 0 Å². The van der Waals surface area contributed by atoms with Crippen LogP contribution in [0.15, 0.2) is 0 Å². The highest BCUT2D eigenvalue weighted by Gasteiger charge is 2.05. The SMILES string of the molecule is [2H]OC1C=[O+][CH-]C1. The smallest absolute Gasteiger partial charge is 0.209 e. The standard InChI is InChI=1S/C4H6O2/c5-4-1-2-6-3-4/h2-5H,1H2/i5D. The lowest BCUT2D eigenvalue weighted by Crippen LogP contribution is -1.99. The first-order valence-electron chi connectivity index (χ1n) is 2.27. The molecule has 1 atom stereocenters. The van der Waals surface area contributed by atoms with Gasteiger partial charge in [-0.3, -0.25) is 0 Å². The van der Waals surface area contributed by atoms with E-state index in [2.05, 4.69) is 9.53 Å². The molecule has 1 aliphatic rings. The Balaban J connectivity index is 2.28. The maximum absolute atomic E-state index is 6.37. The van der Waals surface area contributed by atoms with Crippen LogP contribution < -0.4 is 0 Å². The first kappa shape index (κ1) is 2.64. The minimum atomic E-state index is -0.139. The van der Waals surface area contributed by atoms with Crippen LogP contribution in [0, 0.1) is 6.61 Å². The molecule has 1 N–H and O–H groups in total. The van der Waals surface area contributed by atoms with E-state index in [0.29, 0.717) is 6.42 Å². The van der Waals surface area contributed by atoms with E-state index < -0.39 is 0 Å². The molecule has 0 amide bonds. The van der Waals surface area contributed by atoms with Crippen LogP contribution in [0.1, 0.15) is 6.42 Å². The van der Waals surface area contributed by atoms with Crippen LogP contribution in [0.3, 0.4) is 0 Å². The van der Waals surface area contributed by atoms with Crippen molar-refractivity contribution in [1.82, 2.24) is 0 Å². The largest absolute Gasteiger partial charge is 0.399 e. The fraction of sp³-hybridized carbons (Fsp3) is 0.500. The highest BCUT2D eigenvalue weighted by molar-refractivity contribution is 5.57. The molecule has 1 aliphatic heterocycles. The monoisotopic (exact) mass is 87.0 g/mol. The second-order valence-electron chi connectivity index (χ2n) is 1.21. The van der Waals surface area contributed by atoms with E-state index in [9.17, 15) is 0 Å². The lowest BCUT2D eigenvalue weighted by molar-refractivity contribution is -0.396. The van der Waals surface area contributed by atoms with Crippen molar-refractivity contribution in [2.75, 3.05) is 0 Å². The molecule has 0 aromatic heterocycles. The Morgan fingerprint density at radius 3 is 3.67 bits per heavy atom. The Morgan fingerprint density at radius 1 is 2.33 bits per heavy atom. The fourth-order valence-corrected chi connectivity index (χ4v) is 0.349. The van der Waals surface area contributed by atoms with Crippen LogP contribution in [0.5, 0.6) is 0 Å². The van der Waals surface area contributed by atoms with Gasteiger partial charge in [-0.1, -0.05) is 0 Å². The van der Waals surface area contributed by atoms with Crippen LogP contribution in [-0.2, 0) is 4.42 Å². The molecule has 0 saturated carbocycles. The molecule has 0 spiro atoms. The van der Waals surface area contributed by atoms with Gasteiger partial charge in [0.25, 0.3) is 0 Å². The molecular formula is C4H6O2. The van der Waals surface area contributed by atoms with Crippen LogP contribution in [0.2, 0.25) is 0 Å². The average Bonchev–Trinajstić information content (AvgIpc) is 2.14. The zero-order valence-electron chi connectivity index (χ0n) is 4.26. The van der Waals surface area contributed by atoms with Gasteiger partial charge in [-0.15, -0.1) is 0 Å². The first-order valence-corrected chi connectivity index (χ1v) is 1.86. The van der Waals surface area contributed by atoms with Crippen molar-refractivity contribution in [3.8, 4) is 0 Å². The Morgan fingerprint density at radius 2 is 3.33 bits per heavy atom.